The largest absolute Gasteiger partial charge is 0.348 e. The van der Waals surface area contributed by atoms with Gasteiger partial charge in [0.05, 0.1) is 11.7 Å². The molecule has 3 heteroatoms. The zero-order valence-electron chi connectivity index (χ0n) is 9.66. The molecule has 0 amide bonds. The molecule has 1 aliphatic rings. The summed E-state index contributed by atoms with van der Waals surface area (Å²) in [5, 5.41) is 0. The fourth-order valence-corrected chi connectivity index (χ4v) is 2.45. The lowest BCUT2D eigenvalue weighted by atomic mass is 10.1. The number of rotatable bonds is 2. The lowest BCUT2D eigenvalue weighted by Gasteiger charge is -2.25. The summed E-state index contributed by atoms with van der Waals surface area (Å²) < 4.78 is 0. The van der Waals surface area contributed by atoms with Crippen molar-refractivity contribution in [2.75, 3.05) is 11.4 Å². The lowest BCUT2D eigenvalue weighted by molar-refractivity contribution is 0.688. The molecule has 3 nitrogen and oxygen atoms in total. The predicted molar refractivity (Wildman–Crippen MR) is 67.8 cm³/mol. The first-order chi connectivity index (χ1) is 8.45. The molecule has 0 N–H and O–H groups in total. The first kappa shape index (κ1) is 10.3. The molecule has 86 valence electrons. The minimum atomic E-state index is 0.381. The molecule has 1 atom stereocenters. The van der Waals surface area contributed by atoms with Crippen LogP contribution in [0.25, 0.3) is 0 Å². The van der Waals surface area contributed by atoms with E-state index in [4.69, 9.17) is 0 Å². The molecule has 1 saturated heterocycles. The maximum Gasteiger partial charge on any atom is 0.129 e. The molecule has 1 unspecified atom stereocenters. The van der Waals surface area contributed by atoms with Crippen molar-refractivity contribution in [1.82, 2.24) is 9.97 Å². The van der Waals surface area contributed by atoms with Crippen LogP contribution in [0.1, 0.15) is 24.6 Å². The Labute approximate surface area is 101 Å². The minimum absolute atomic E-state index is 0.381. The van der Waals surface area contributed by atoms with Crippen LogP contribution in [0, 0.1) is 0 Å². The van der Waals surface area contributed by atoms with Gasteiger partial charge in [-0.2, -0.15) is 0 Å². The molecule has 1 fully saturated rings. The van der Waals surface area contributed by atoms with Crippen LogP contribution in [0.3, 0.4) is 0 Å². The van der Waals surface area contributed by atoms with Crippen molar-refractivity contribution in [3.05, 3.63) is 54.5 Å². The second kappa shape index (κ2) is 4.53. The van der Waals surface area contributed by atoms with Crippen LogP contribution in [0.15, 0.2) is 48.8 Å². The first-order valence-corrected chi connectivity index (χ1v) is 6.04. The van der Waals surface area contributed by atoms with Gasteiger partial charge in [-0.3, -0.25) is 4.98 Å². The number of hydrogen-bond acceptors (Lipinski definition) is 3. The fraction of sp³-hybridized carbons (Fsp3) is 0.286. The van der Waals surface area contributed by atoms with E-state index >= 15 is 0 Å². The molecule has 17 heavy (non-hydrogen) atoms. The Kier molecular flexibility index (Phi) is 2.74. The van der Waals surface area contributed by atoms with Crippen molar-refractivity contribution < 1.29 is 0 Å². The lowest BCUT2D eigenvalue weighted by Crippen LogP contribution is -2.23. The predicted octanol–water partition coefficient (Wildman–Crippen LogP) is 2.82. The van der Waals surface area contributed by atoms with Gasteiger partial charge in [-0.1, -0.05) is 12.1 Å². The molecule has 3 heterocycles. The quantitative estimate of drug-likeness (QED) is 0.787. The van der Waals surface area contributed by atoms with Crippen LogP contribution in [0.5, 0.6) is 0 Å². The first-order valence-electron chi connectivity index (χ1n) is 6.04. The third-order valence-corrected chi connectivity index (χ3v) is 3.23. The van der Waals surface area contributed by atoms with Crippen molar-refractivity contribution in [3.63, 3.8) is 0 Å². The van der Waals surface area contributed by atoms with Crippen molar-refractivity contribution in [2.24, 2.45) is 0 Å². The van der Waals surface area contributed by atoms with Gasteiger partial charge in [0.15, 0.2) is 0 Å². The van der Waals surface area contributed by atoms with Gasteiger partial charge in [-0.25, -0.2) is 4.98 Å². The highest BCUT2D eigenvalue weighted by molar-refractivity contribution is 5.42. The monoisotopic (exact) mass is 225 g/mol. The number of aromatic nitrogens is 2. The van der Waals surface area contributed by atoms with Crippen molar-refractivity contribution in [3.8, 4) is 0 Å². The normalized spacial score (nSPS) is 19.5. The van der Waals surface area contributed by atoms with E-state index in [-0.39, 0.29) is 0 Å². The standard InChI is InChI=1S/C14H15N3/c1-3-9-15-12(6-1)13-7-5-11-17(13)14-8-2-4-10-16-14/h1-4,6,8-10,13H,5,7,11H2. The zero-order chi connectivity index (χ0) is 11.5. The summed E-state index contributed by atoms with van der Waals surface area (Å²) in [6.45, 7) is 1.07. The van der Waals surface area contributed by atoms with Crippen LogP contribution in [-0.2, 0) is 0 Å². The Morgan fingerprint density at radius 3 is 2.53 bits per heavy atom. The van der Waals surface area contributed by atoms with Gasteiger partial charge in [-0.05, 0) is 37.1 Å². The Hall–Kier alpha value is -1.90. The summed E-state index contributed by atoms with van der Waals surface area (Å²) in [5.41, 5.74) is 1.15. The van der Waals surface area contributed by atoms with Crippen molar-refractivity contribution >= 4 is 5.82 Å². The summed E-state index contributed by atoms with van der Waals surface area (Å²) in [5.74, 6) is 1.06. The number of pyridine rings is 2. The summed E-state index contributed by atoms with van der Waals surface area (Å²) in [6.07, 6.45) is 6.08. The summed E-state index contributed by atoms with van der Waals surface area (Å²) in [6, 6.07) is 12.6. The van der Waals surface area contributed by atoms with E-state index in [9.17, 15) is 0 Å². The highest BCUT2D eigenvalue weighted by Crippen LogP contribution is 2.33. The molecule has 2 aromatic rings. The summed E-state index contributed by atoms with van der Waals surface area (Å²) >= 11 is 0. The number of anilines is 1. The van der Waals surface area contributed by atoms with Crippen LogP contribution < -0.4 is 4.90 Å². The molecule has 0 aromatic carbocycles. The molecular formula is C14H15N3. The topological polar surface area (TPSA) is 29.0 Å². The van der Waals surface area contributed by atoms with E-state index in [2.05, 4.69) is 33.1 Å². The van der Waals surface area contributed by atoms with E-state index in [1.807, 2.05) is 30.6 Å². The van der Waals surface area contributed by atoms with E-state index in [1.54, 1.807) is 0 Å². The van der Waals surface area contributed by atoms with Crippen molar-refractivity contribution in [2.45, 2.75) is 18.9 Å². The average Bonchev–Trinajstić information content (AvgIpc) is 2.90. The van der Waals surface area contributed by atoms with Crippen molar-refractivity contribution in [1.29, 1.82) is 0 Å². The van der Waals surface area contributed by atoms with Gasteiger partial charge in [0, 0.05) is 18.9 Å². The molecule has 0 spiro atoms. The molecule has 2 aromatic heterocycles. The molecular weight excluding hydrogens is 210 g/mol. The molecule has 0 radical (unpaired) electrons. The SMILES string of the molecule is c1ccc(C2CCCN2c2ccccn2)nc1. The third kappa shape index (κ3) is 2.00. The van der Waals surface area contributed by atoms with E-state index in [0.29, 0.717) is 6.04 Å². The highest BCUT2D eigenvalue weighted by Gasteiger charge is 2.27. The Morgan fingerprint density at radius 2 is 1.82 bits per heavy atom. The molecule has 1 aliphatic heterocycles. The van der Waals surface area contributed by atoms with Crippen LogP contribution in [-0.4, -0.2) is 16.5 Å². The second-order valence-electron chi connectivity index (χ2n) is 4.29. The molecule has 0 bridgehead atoms. The smallest absolute Gasteiger partial charge is 0.129 e. The second-order valence-corrected chi connectivity index (χ2v) is 4.29. The maximum absolute atomic E-state index is 4.47. The minimum Gasteiger partial charge on any atom is -0.348 e. The van der Waals surface area contributed by atoms with Crippen LogP contribution in [0.4, 0.5) is 5.82 Å². The van der Waals surface area contributed by atoms with E-state index in [1.165, 1.54) is 6.42 Å². The third-order valence-electron chi connectivity index (χ3n) is 3.23. The Balaban J connectivity index is 1.91. The molecule has 3 rings (SSSR count). The molecule has 0 saturated carbocycles. The molecule has 0 aliphatic carbocycles. The van der Waals surface area contributed by atoms with Crippen LogP contribution in [0.2, 0.25) is 0 Å². The van der Waals surface area contributed by atoms with Gasteiger partial charge >= 0.3 is 0 Å². The van der Waals surface area contributed by atoms with E-state index in [0.717, 1.165) is 24.5 Å². The summed E-state index contributed by atoms with van der Waals surface area (Å²) in [4.78, 5) is 11.3. The number of hydrogen-bond donors (Lipinski definition) is 0. The highest BCUT2D eigenvalue weighted by atomic mass is 15.2. The fourth-order valence-electron chi connectivity index (χ4n) is 2.45. The van der Waals surface area contributed by atoms with Gasteiger partial charge in [0.2, 0.25) is 0 Å². The maximum atomic E-state index is 4.47. The van der Waals surface area contributed by atoms with Gasteiger partial charge in [-0.15, -0.1) is 0 Å². The van der Waals surface area contributed by atoms with Crippen LogP contribution >= 0.6 is 0 Å². The van der Waals surface area contributed by atoms with Gasteiger partial charge in [0.25, 0.3) is 0 Å². The van der Waals surface area contributed by atoms with Gasteiger partial charge in [0.1, 0.15) is 5.82 Å². The Bertz CT molecular complexity index is 424. The zero-order valence-corrected chi connectivity index (χ0v) is 9.66. The summed E-state index contributed by atoms with van der Waals surface area (Å²) in [7, 11) is 0. The average molecular weight is 225 g/mol. The van der Waals surface area contributed by atoms with Gasteiger partial charge < -0.3 is 4.90 Å². The van der Waals surface area contributed by atoms with E-state index < -0.39 is 0 Å². The Morgan fingerprint density at radius 1 is 1.00 bits per heavy atom. The number of nitrogens with zero attached hydrogens (tertiary/aromatic N) is 3.